The van der Waals surface area contributed by atoms with E-state index in [1.54, 1.807) is 0 Å². The van der Waals surface area contributed by atoms with E-state index in [0.717, 1.165) is 64.9 Å². The maximum atomic E-state index is 5.44. The molecule has 0 saturated carbocycles. The van der Waals surface area contributed by atoms with E-state index in [2.05, 4.69) is 57.6 Å². The lowest BCUT2D eigenvalue weighted by atomic mass is 10.0. The first kappa shape index (κ1) is 24.0. The molecule has 0 radical (unpaired) electrons. The van der Waals surface area contributed by atoms with E-state index in [-0.39, 0.29) is 24.0 Å². The summed E-state index contributed by atoms with van der Waals surface area (Å²) in [7, 11) is 1.98. The summed E-state index contributed by atoms with van der Waals surface area (Å²) < 4.78 is 7.32. The van der Waals surface area contributed by atoms with Crippen LogP contribution in [0.3, 0.4) is 0 Å². The minimum absolute atomic E-state index is 0. The van der Waals surface area contributed by atoms with Gasteiger partial charge in [0, 0.05) is 58.4 Å². The molecule has 0 spiro atoms. The smallest absolute Gasteiger partial charge is 0.194 e. The normalized spacial score (nSPS) is 20.0. The van der Waals surface area contributed by atoms with Gasteiger partial charge in [0.05, 0.1) is 26.0 Å². The Kier molecular flexibility index (Phi) is 9.15. The summed E-state index contributed by atoms with van der Waals surface area (Å²) in [6, 6.07) is 8.90. The summed E-state index contributed by atoms with van der Waals surface area (Å²) in [5, 5.41) is 7.80. The molecule has 31 heavy (non-hydrogen) atoms. The molecule has 1 atom stereocenters. The molecule has 0 amide bonds. The zero-order chi connectivity index (χ0) is 20.8. The molecule has 2 aliphatic rings. The van der Waals surface area contributed by atoms with Crippen LogP contribution in [0.5, 0.6) is 0 Å². The van der Waals surface area contributed by atoms with Gasteiger partial charge in [0.25, 0.3) is 0 Å². The highest BCUT2D eigenvalue weighted by Gasteiger charge is 2.26. The molecule has 0 bridgehead atoms. The molecule has 8 heteroatoms. The Morgan fingerprint density at radius 3 is 2.58 bits per heavy atom. The lowest BCUT2D eigenvalue weighted by Gasteiger charge is -2.26. The number of hydrogen-bond donors (Lipinski definition) is 1. The van der Waals surface area contributed by atoms with Gasteiger partial charge in [0.1, 0.15) is 0 Å². The molecule has 2 aliphatic heterocycles. The molecular formula is C23H35IN6O. The first-order valence-electron chi connectivity index (χ1n) is 11.1. The van der Waals surface area contributed by atoms with Crippen LogP contribution in [-0.2, 0) is 24.9 Å². The highest BCUT2D eigenvalue weighted by Crippen LogP contribution is 2.26. The fourth-order valence-corrected chi connectivity index (χ4v) is 4.24. The fraction of sp³-hybridized carbons (Fsp3) is 0.565. The average Bonchev–Trinajstić information content (AvgIpc) is 3.42. The van der Waals surface area contributed by atoms with Crippen LogP contribution in [0, 0.1) is 0 Å². The summed E-state index contributed by atoms with van der Waals surface area (Å²) in [6.07, 6.45) is 5.28. The summed E-state index contributed by atoms with van der Waals surface area (Å²) in [4.78, 5) is 9.76. The van der Waals surface area contributed by atoms with Crippen molar-refractivity contribution in [2.75, 3.05) is 45.9 Å². The number of aliphatic imine (C=N–C) groups is 1. The minimum Gasteiger partial charge on any atom is -0.379 e. The van der Waals surface area contributed by atoms with Crippen molar-refractivity contribution in [3.05, 3.63) is 53.3 Å². The van der Waals surface area contributed by atoms with E-state index < -0.39 is 0 Å². The number of rotatable bonds is 6. The summed E-state index contributed by atoms with van der Waals surface area (Å²) in [6.45, 7) is 10.5. The highest BCUT2D eigenvalue weighted by molar-refractivity contribution is 14.0. The van der Waals surface area contributed by atoms with E-state index in [4.69, 9.17) is 9.73 Å². The zero-order valence-electron chi connectivity index (χ0n) is 18.7. The van der Waals surface area contributed by atoms with Crippen LogP contribution in [0.4, 0.5) is 0 Å². The molecule has 2 saturated heterocycles. The van der Waals surface area contributed by atoms with Crippen molar-refractivity contribution in [3.63, 3.8) is 0 Å². The number of nitrogens with zero attached hydrogens (tertiary/aromatic N) is 5. The molecule has 2 fully saturated rings. The van der Waals surface area contributed by atoms with Crippen molar-refractivity contribution < 1.29 is 4.74 Å². The van der Waals surface area contributed by atoms with Gasteiger partial charge in [-0.25, -0.2) is 4.99 Å². The van der Waals surface area contributed by atoms with Crippen LogP contribution in [-0.4, -0.2) is 71.5 Å². The Morgan fingerprint density at radius 2 is 1.90 bits per heavy atom. The molecular weight excluding hydrogens is 503 g/mol. The molecule has 1 aromatic heterocycles. The second kappa shape index (κ2) is 11.8. The number of benzene rings is 1. The van der Waals surface area contributed by atoms with Crippen molar-refractivity contribution in [1.29, 1.82) is 0 Å². The first-order chi connectivity index (χ1) is 14.7. The second-order valence-corrected chi connectivity index (χ2v) is 8.25. The topological polar surface area (TPSA) is 57.9 Å². The SMILES string of the molecule is CCNC(=NCc1ccc(CN2CCOCC2)cc1)N1CCC(c2cnn(C)c2)C1.I. The number of aryl methyl sites for hydroxylation is 1. The van der Waals surface area contributed by atoms with E-state index in [0.29, 0.717) is 12.5 Å². The highest BCUT2D eigenvalue weighted by atomic mass is 127. The van der Waals surface area contributed by atoms with Gasteiger partial charge in [-0.1, -0.05) is 24.3 Å². The molecule has 1 aromatic carbocycles. The molecule has 4 rings (SSSR count). The van der Waals surface area contributed by atoms with Gasteiger partial charge in [0.15, 0.2) is 5.96 Å². The third-order valence-corrected chi connectivity index (χ3v) is 5.96. The molecule has 0 aliphatic carbocycles. The van der Waals surface area contributed by atoms with Crippen LogP contribution in [0.1, 0.15) is 36.0 Å². The van der Waals surface area contributed by atoms with Crippen molar-refractivity contribution in [2.24, 2.45) is 12.0 Å². The third-order valence-electron chi connectivity index (χ3n) is 5.96. The number of aromatic nitrogens is 2. The summed E-state index contributed by atoms with van der Waals surface area (Å²) >= 11 is 0. The molecule has 170 valence electrons. The number of ether oxygens (including phenoxy) is 1. The van der Waals surface area contributed by atoms with Crippen LogP contribution in [0.2, 0.25) is 0 Å². The molecule has 2 aromatic rings. The zero-order valence-corrected chi connectivity index (χ0v) is 21.0. The van der Waals surface area contributed by atoms with Gasteiger partial charge in [-0.3, -0.25) is 9.58 Å². The quantitative estimate of drug-likeness (QED) is 0.349. The number of morpholine rings is 1. The van der Waals surface area contributed by atoms with Gasteiger partial charge >= 0.3 is 0 Å². The standard InChI is InChI=1S/C23H34N6O.HI/c1-3-24-23(29-9-8-21(18-29)22-15-26-27(2)17-22)25-14-19-4-6-20(7-5-19)16-28-10-12-30-13-11-28;/h4-7,15,17,21H,3,8-14,16,18H2,1-2H3,(H,24,25);1H. The maximum absolute atomic E-state index is 5.44. The minimum atomic E-state index is 0. The Bertz CT molecular complexity index is 831. The molecule has 1 N–H and O–H groups in total. The number of nitrogens with one attached hydrogen (secondary N) is 1. The van der Waals surface area contributed by atoms with Gasteiger partial charge < -0.3 is 15.0 Å². The Hall–Kier alpha value is -1.65. The number of guanidine groups is 1. The largest absolute Gasteiger partial charge is 0.379 e. The van der Waals surface area contributed by atoms with Gasteiger partial charge in [-0.15, -0.1) is 24.0 Å². The van der Waals surface area contributed by atoms with Crippen molar-refractivity contribution in [3.8, 4) is 0 Å². The van der Waals surface area contributed by atoms with Crippen LogP contribution < -0.4 is 5.32 Å². The number of likely N-dealkylation sites (tertiary alicyclic amines) is 1. The van der Waals surface area contributed by atoms with E-state index in [1.165, 1.54) is 16.7 Å². The molecule has 1 unspecified atom stereocenters. The van der Waals surface area contributed by atoms with E-state index in [9.17, 15) is 0 Å². The molecule has 3 heterocycles. The van der Waals surface area contributed by atoms with Crippen molar-refractivity contribution >= 4 is 29.9 Å². The predicted molar refractivity (Wildman–Crippen MR) is 135 cm³/mol. The Morgan fingerprint density at radius 1 is 1.16 bits per heavy atom. The van der Waals surface area contributed by atoms with Crippen LogP contribution in [0.25, 0.3) is 0 Å². The predicted octanol–water partition coefficient (Wildman–Crippen LogP) is 2.83. The second-order valence-electron chi connectivity index (χ2n) is 8.25. The van der Waals surface area contributed by atoms with Gasteiger partial charge in [-0.05, 0) is 30.0 Å². The van der Waals surface area contributed by atoms with Crippen molar-refractivity contribution in [1.82, 2.24) is 24.9 Å². The first-order valence-corrected chi connectivity index (χ1v) is 11.1. The summed E-state index contributed by atoms with van der Waals surface area (Å²) in [5.74, 6) is 1.54. The van der Waals surface area contributed by atoms with E-state index in [1.807, 2.05) is 17.9 Å². The molecule has 7 nitrogen and oxygen atoms in total. The summed E-state index contributed by atoms with van der Waals surface area (Å²) in [5.41, 5.74) is 3.93. The van der Waals surface area contributed by atoms with Crippen molar-refractivity contribution in [2.45, 2.75) is 32.4 Å². The monoisotopic (exact) mass is 538 g/mol. The number of hydrogen-bond acceptors (Lipinski definition) is 4. The Balaban J connectivity index is 0.00000272. The van der Waals surface area contributed by atoms with Crippen LogP contribution in [0.15, 0.2) is 41.7 Å². The number of halogens is 1. The lowest BCUT2D eigenvalue weighted by Crippen LogP contribution is -2.40. The van der Waals surface area contributed by atoms with Gasteiger partial charge in [-0.2, -0.15) is 5.10 Å². The van der Waals surface area contributed by atoms with Gasteiger partial charge in [0.2, 0.25) is 0 Å². The van der Waals surface area contributed by atoms with E-state index >= 15 is 0 Å². The van der Waals surface area contributed by atoms with Crippen LogP contribution >= 0.6 is 24.0 Å². The third kappa shape index (κ3) is 6.66. The average molecular weight is 538 g/mol. The lowest BCUT2D eigenvalue weighted by molar-refractivity contribution is 0.0342. The fourth-order valence-electron chi connectivity index (χ4n) is 4.24. The maximum Gasteiger partial charge on any atom is 0.194 e. The Labute approximate surface area is 202 Å².